The summed E-state index contributed by atoms with van der Waals surface area (Å²) in [4.78, 5) is 25.3. The average Bonchev–Trinajstić information content (AvgIpc) is 2.49. The number of aromatic nitrogens is 2. The molecule has 0 aliphatic carbocycles. The van der Waals surface area contributed by atoms with Gasteiger partial charge in [0.1, 0.15) is 17.3 Å². The maximum absolute atomic E-state index is 11.7. The third-order valence-electron chi connectivity index (χ3n) is 3.26. The van der Waals surface area contributed by atoms with Crippen LogP contribution in [-0.4, -0.2) is 23.2 Å². The second-order valence-electron chi connectivity index (χ2n) is 4.57. The van der Waals surface area contributed by atoms with E-state index in [2.05, 4.69) is 10.3 Å². The quantitative estimate of drug-likeness (QED) is 0.736. The van der Waals surface area contributed by atoms with Gasteiger partial charge in [0.25, 0.3) is 5.56 Å². The van der Waals surface area contributed by atoms with E-state index in [4.69, 9.17) is 10.5 Å². The molecule has 2 aromatic rings. The highest BCUT2D eigenvalue weighted by molar-refractivity contribution is 5.60. The van der Waals surface area contributed by atoms with Crippen molar-refractivity contribution in [3.63, 3.8) is 0 Å². The molecule has 0 atom stereocenters. The standard InChI is InChI=1S/C14H18N4O3/c1-18-12(15)11(13(19)17-14(18)20)16-8-7-9-5-3-4-6-10(9)21-2/h3-6,16H,7-8,15H2,1-2H3,(H,17,19,20). The maximum Gasteiger partial charge on any atom is 0.329 e. The van der Waals surface area contributed by atoms with Crippen molar-refractivity contribution < 1.29 is 4.74 Å². The molecule has 7 heteroatoms. The van der Waals surface area contributed by atoms with Crippen molar-refractivity contribution in [1.29, 1.82) is 0 Å². The summed E-state index contributed by atoms with van der Waals surface area (Å²) < 4.78 is 6.45. The van der Waals surface area contributed by atoms with Crippen molar-refractivity contribution in [2.45, 2.75) is 6.42 Å². The van der Waals surface area contributed by atoms with Gasteiger partial charge < -0.3 is 15.8 Å². The number of benzene rings is 1. The van der Waals surface area contributed by atoms with Gasteiger partial charge in [0.05, 0.1) is 7.11 Å². The van der Waals surface area contributed by atoms with Gasteiger partial charge in [0.2, 0.25) is 0 Å². The monoisotopic (exact) mass is 290 g/mol. The van der Waals surface area contributed by atoms with E-state index in [1.54, 1.807) is 7.11 Å². The maximum atomic E-state index is 11.7. The van der Waals surface area contributed by atoms with E-state index < -0.39 is 11.2 Å². The smallest absolute Gasteiger partial charge is 0.329 e. The van der Waals surface area contributed by atoms with E-state index in [9.17, 15) is 9.59 Å². The van der Waals surface area contributed by atoms with Crippen LogP contribution in [-0.2, 0) is 13.5 Å². The molecule has 21 heavy (non-hydrogen) atoms. The first-order valence-electron chi connectivity index (χ1n) is 6.49. The fourth-order valence-electron chi connectivity index (χ4n) is 2.04. The number of nitrogens with two attached hydrogens (primary N) is 1. The molecular weight excluding hydrogens is 272 g/mol. The minimum Gasteiger partial charge on any atom is -0.496 e. The molecular formula is C14H18N4O3. The Kier molecular flexibility index (Phi) is 4.32. The molecule has 0 saturated heterocycles. The molecule has 0 unspecified atom stereocenters. The van der Waals surface area contributed by atoms with Crippen molar-refractivity contribution in [2.75, 3.05) is 24.7 Å². The molecule has 0 amide bonds. The Balaban J connectivity index is 2.13. The minimum atomic E-state index is -0.534. The van der Waals surface area contributed by atoms with Gasteiger partial charge in [-0.05, 0) is 18.1 Å². The second kappa shape index (κ2) is 6.17. The van der Waals surface area contributed by atoms with E-state index in [0.717, 1.165) is 11.3 Å². The van der Waals surface area contributed by atoms with Gasteiger partial charge in [-0.3, -0.25) is 14.3 Å². The number of ether oxygens (including phenoxy) is 1. The minimum absolute atomic E-state index is 0.115. The van der Waals surface area contributed by atoms with Crippen molar-refractivity contribution in [1.82, 2.24) is 9.55 Å². The van der Waals surface area contributed by atoms with Crippen molar-refractivity contribution in [3.05, 3.63) is 50.7 Å². The third-order valence-corrected chi connectivity index (χ3v) is 3.26. The van der Waals surface area contributed by atoms with Crippen molar-refractivity contribution in [3.8, 4) is 5.75 Å². The summed E-state index contributed by atoms with van der Waals surface area (Å²) in [5.74, 6) is 0.908. The van der Waals surface area contributed by atoms with Crippen LogP contribution in [0, 0.1) is 0 Å². The Hall–Kier alpha value is -2.70. The fourth-order valence-corrected chi connectivity index (χ4v) is 2.04. The summed E-state index contributed by atoms with van der Waals surface area (Å²) in [6.45, 7) is 0.492. The Bertz CT molecular complexity index is 749. The molecule has 7 nitrogen and oxygen atoms in total. The average molecular weight is 290 g/mol. The SMILES string of the molecule is COc1ccccc1CCNc1c(N)n(C)c(=O)[nH]c1=O. The van der Waals surface area contributed by atoms with E-state index in [1.165, 1.54) is 11.6 Å². The van der Waals surface area contributed by atoms with Crippen molar-refractivity contribution in [2.24, 2.45) is 7.05 Å². The van der Waals surface area contributed by atoms with E-state index in [-0.39, 0.29) is 11.5 Å². The zero-order chi connectivity index (χ0) is 15.4. The topological polar surface area (TPSA) is 102 Å². The number of hydrogen-bond acceptors (Lipinski definition) is 5. The van der Waals surface area contributed by atoms with Gasteiger partial charge in [-0.15, -0.1) is 0 Å². The summed E-state index contributed by atoms with van der Waals surface area (Å²) in [6.07, 6.45) is 0.658. The summed E-state index contributed by atoms with van der Waals surface area (Å²) in [5, 5.41) is 2.97. The van der Waals surface area contributed by atoms with Crippen LogP contribution in [0.5, 0.6) is 5.75 Å². The Morgan fingerprint density at radius 1 is 1.33 bits per heavy atom. The zero-order valence-corrected chi connectivity index (χ0v) is 12.0. The van der Waals surface area contributed by atoms with Gasteiger partial charge >= 0.3 is 5.69 Å². The van der Waals surface area contributed by atoms with Crippen LogP contribution in [0.25, 0.3) is 0 Å². The first-order chi connectivity index (χ1) is 10.0. The van der Waals surface area contributed by atoms with E-state index in [0.29, 0.717) is 13.0 Å². The summed E-state index contributed by atoms with van der Waals surface area (Å²) in [7, 11) is 3.11. The van der Waals surface area contributed by atoms with Gasteiger partial charge in [-0.2, -0.15) is 0 Å². The molecule has 0 fully saturated rings. The fraction of sp³-hybridized carbons (Fsp3) is 0.286. The van der Waals surface area contributed by atoms with Crippen LogP contribution in [0.3, 0.4) is 0 Å². The molecule has 1 heterocycles. The second-order valence-corrected chi connectivity index (χ2v) is 4.57. The lowest BCUT2D eigenvalue weighted by atomic mass is 10.1. The molecule has 0 bridgehead atoms. The first-order valence-corrected chi connectivity index (χ1v) is 6.49. The predicted octanol–water partition coefficient (Wildman–Crippen LogP) is 0.319. The molecule has 0 aliphatic heterocycles. The number of anilines is 2. The highest BCUT2D eigenvalue weighted by Crippen LogP contribution is 2.18. The lowest BCUT2D eigenvalue weighted by molar-refractivity contribution is 0.410. The number of para-hydroxylation sites is 1. The molecule has 0 spiro atoms. The Morgan fingerprint density at radius 2 is 2.05 bits per heavy atom. The summed E-state index contributed by atoms with van der Waals surface area (Å²) in [6, 6.07) is 7.65. The number of nitrogen functional groups attached to an aromatic ring is 1. The largest absolute Gasteiger partial charge is 0.496 e. The molecule has 1 aromatic heterocycles. The van der Waals surface area contributed by atoms with Gasteiger partial charge in [-0.1, -0.05) is 18.2 Å². The number of nitrogens with one attached hydrogen (secondary N) is 2. The number of methoxy groups -OCH3 is 1. The van der Waals surface area contributed by atoms with Gasteiger partial charge in [-0.25, -0.2) is 4.79 Å². The van der Waals surface area contributed by atoms with Crippen LogP contribution < -0.4 is 27.0 Å². The molecule has 112 valence electrons. The highest BCUT2D eigenvalue weighted by Gasteiger charge is 2.09. The molecule has 0 aliphatic rings. The molecule has 0 radical (unpaired) electrons. The lowest BCUT2D eigenvalue weighted by Crippen LogP contribution is -2.32. The van der Waals surface area contributed by atoms with E-state index in [1.807, 2.05) is 24.3 Å². The number of H-pyrrole nitrogens is 1. The third kappa shape index (κ3) is 3.07. The predicted molar refractivity (Wildman–Crippen MR) is 81.9 cm³/mol. The van der Waals surface area contributed by atoms with Gasteiger partial charge in [0.15, 0.2) is 0 Å². The molecule has 1 aromatic carbocycles. The first kappa shape index (κ1) is 14.7. The van der Waals surface area contributed by atoms with Crippen LogP contribution >= 0.6 is 0 Å². The Labute approximate surface area is 121 Å². The van der Waals surface area contributed by atoms with Gasteiger partial charge in [0, 0.05) is 13.6 Å². The zero-order valence-electron chi connectivity index (χ0n) is 12.0. The number of hydrogen-bond donors (Lipinski definition) is 3. The number of aromatic amines is 1. The molecule has 4 N–H and O–H groups in total. The highest BCUT2D eigenvalue weighted by atomic mass is 16.5. The summed E-state index contributed by atoms with van der Waals surface area (Å²) >= 11 is 0. The lowest BCUT2D eigenvalue weighted by Gasteiger charge is -2.12. The number of rotatable bonds is 5. The van der Waals surface area contributed by atoms with Crippen LogP contribution in [0.15, 0.2) is 33.9 Å². The van der Waals surface area contributed by atoms with Crippen LogP contribution in [0.4, 0.5) is 11.5 Å². The number of nitrogens with zero attached hydrogens (tertiary/aromatic N) is 1. The van der Waals surface area contributed by atoms with Crippen LogP contribution in [0.1, 0.15) is 5.56 Å². The van der Waals surface area contributed by atoms with Crippen LogP contribution in [0.2, 0.25) is 0 Å². The van der Waals surface area contributed by atoms with Crippen molar-refractivity contribution >= 4 is 11.5 Å². The Morgan fingerprint density at radius 3 is 2.76 bits per heavy atom. The normalized spacial score (nSPS) is 10.4. The van der Waals surface area contributed by atoms with E-state index >= 15 is 0 Å². The summed E-state index contributed by atoms with van der Waals surface area (Å²) in [5.41, 5.74) is 5.94. The molecule has 2 rings (SSSR count). The molecule has 0 saturated carbocycles.